The van der Waals surface area contributed by atoms with Crippen LogP contribution in [0.5, 0.6) is 0 Å². The maximum absolute atomic E-state index is 5.14. The van der Waals surface area contributed by atoms with Gasteiger partial charge < -0.3 is 4.57 Å². The van der Waals surface area contributed by atoms with Crippen molar-refractivity contribution in [2.45, 2.75) is 19.3 Å². The van der Waals surface area contributed by atoms with Gasteiger partial charge in [0.2, 0.25) is 0 Å². The Morgan fingerprint density at radius 3 is 1.81 bits per heavy atom. The van der Waals surface area contributed by atoms with Gasteiger partial charge in [-0.25, -0.2) is 15.0 Å². The van der Waals surface area contributed by atoms with Crippen LogP contribution in [0, 0.1) is 0 Å². The van der Waals surface area contributed by atoms with Gasteiger partial charge in [-0.15, -0.1) is 0 Å². The summed E-state index contributed by atoms with van der Waals surface area (Å²) >= 11 is 0. The fourth-order valence-electron chi connectivity index (χ4n) is 8.99. The Kier molecular flexibility index (Phi) is 7.73. The normalized spacial score (nSPS) is 12.8. The van der Waals surface area contributed by atoms with Crippen LogP contribution in [0.15, 0.2) is 182 Å². The lowest BCUT2D eigenvalue weighted by molar-refractivity contribution is 0.666. The van der Waals surface area contributed by atoms with Crippen molar-refractivity contribution in [2.24, 2.45) is 0 Å². The summed E-state index contributed by atoms with van der Waals surface area (Å²) < 4.78 is 2.49. The van der Waals surface area contributed by atoms with Crippen molar-refractivity contribution < 1.29 is 0 Å². The number of para-hydroxylation sites is 1. The van der Waals surface area contributed by atoms with Gasteiger partial charge in [0.1, 0.15) is 5.69 Å². The first-order valence-electron chi connectivity index (χ1n) is 19.6. The monoisotopic (exact) mass is 744 g/mol. The lowest BCUT2D eigenvalue weighted by atomic mass is 9.80. The molecular formula is C52H36N6. The Bertz CT molecular complexity index is 3060. The molecule has 6 aromatic carbocycles. The molecule has 10 aromatic rings. The Balaban J connectivity index is 1.26. The molecule has 0 fully saturated rings. The predicted molar refractivity (Wildman–Crippen MR) is 234 cm³/mol. The Hall–Kier alpha value is -7.57. The predicted octanol–water partition coefficient (Wildman–Crippen LogP) is 12.4. The van der Waals surface area contributed by atoms with Crippen LogP contribution in [0.4, 0.5) is 0 Å². The number of fused-ring (bicyclic) bond motifs is 7. The number of hydrogen-bond acceptors (Lipinski definition) is 5. The Morgan fingerprint density at radius 1 is 0.466 bits per heavy atom. The molecule has 6 heteroatoms. The summed E-state index contributed by atoms with van der Waals surface area (Å²) in [4.78, 5) is 24.2. The van der Waals surface area contributed by atoms with Gasteiger partial charge in [-0.3, -0.25) is 9.97 Å². The molecule has 4 heterocycles. The molecule has 4 aromatic heterocycles. The van der Waals surface area contributed by atoms with E-state index in [9.17, 15) is 0 Å². The molecule has 11 rings (SSSR count). The summed E-state index contributed by atoms with van der Waals surface area (Å²) in [7, 11) is 0. The summed E-state index contributed by atoms with van der Waals surface area (Å²) in [5.74, 6) is 1.58. The maximum atomic E-state index is 5.14. The van der Waals surface area contributed by atoms with E-state index in [1.54, 1.807) is 18.6 Å². The van der Waals surface area contributed by atoms with Crippen LogP contribution < -0.4 is 0 Å². The summed E-state index contributed by atoms with van der Waals surface area (Å²) in [6.07, 6.45) is 5.30. The van der Waals surface area contributed by atoms with E-state index in [0.717, 1.165) is 44.6 Å². The molecule has 0 amide bonds. The largest absolute Gasteiger partial charge is 0.308 e. The van der Waals surface area contributed by atoms with E-state index in [1.807, 2.05) is 30.3 Å². The molecule has 1 aliphatic rings. The van der Waals surface area contributed by atoms with Crippen molar-refractivity contribution >= 4 is 21.8 Å². The highest BCUT2D eigenvalue weighted by molar-refractivity contribution is 6.15. The molecule has 0 atom stereocenters. The molecule has 58 heavy (non-hydrogen) atoms. The molecule has 0 N–H and O–H groups in total. The van der Waals surface area contributed by atoms with Crippen LogP contribution in [-0.2, 0) is 5.41 Å². The van der Waals surface area contributed by atoms with Gasteiger partial charge in [0.15, 0.2) is 17.5 Å². The number of pyridine rings is 2. The zero-order valence-electron chi connectivity index (χ0n) is 32.0. The molecule has 0 spiro atoms. The highest BCUT2D eigenvalue weighted by atomic mass is 15.0. The average Bonchev–Trinajstić information content (AvgIpc) is 3.75. The first-order chi connectivity index (χ1) is 28.5. The van der Waals surface area contributed by atoms with E-state index in [4.69, 9.17) is 15.0 Å². The summed E-state index contributed by atoms with van der Waals surface area (Å²) in [5.41, 5.74) is 15.2. The molecule has 274 valence electrons. The molecule has 0 aliphatic heterocycles. The van der Waals surface area contributed by atoms with Gasteiger partial charge in [-0.2, -0.15) is 0 Å². The molecule has 0 bridgehead atoms. The molecule has 0 saturated carbocycles. The van der Waals surface area contributed by atoms with Crippen molar-refractivity contribution in [1.29, 1.82) is 0 Å². The highest BCUT2D eigenvalue weighted by Gasteiger charge is 2.38. The number of hydrogen-bond donors (Lipinski definition) is 0. The molecule has 0 saturated heterocycles. The Morgan fingerprint density at radius 2 is 1.10 bits per heavy atom. The number of aromatic nitrogens is 6. The first kappa shape index (κ1) is 33.7. The minimum Gasteiger partial charge on any atom is -0.308 e. The molecule has 6 nitrogen and oxygen atoms in total. The fourth-order valence-corrected chi connectivity index (χ4v) is 8.99. The quantitative estimate of drug-likeness (QED) is 0.170. The van der Waals surface area contributed by atoms with E-state index in [-0.39, 0.29) is 5.41 Å². The van der Waals surface area contributed by atoms with E-state index < -0.39 is 0 Å². The Labute approximate surface area is 336 Å². The average molecular weight is 745 g/mol. The van der Waals surface area contributed by atoms with Gasteiger partial charge >= 0.3 is 0 Å². The smallest absolute Gasteiger partial charge is 0.182 e. The van der Waals surface area contributed by atoms with Crippen LogP contribution in [-0.4, -0.2) is 29.5 Å². The lowest BCUT2D eigenvalue weighted by Gasteiger charge is -2.23. The fraction of sp³-hybridized carbons (Fsp3) is 0.0577. The van der Waals surface area contributed by atoms with Crippen molar-refractivity contribution in [3.63, 3.8) is 0 Å². The van der Waals surface area contributed by atoms with E-state index >= 15 is 0 Å². The van der Waals surface area contributed by atoms with E-state index in [0.29, 0.717) is 23.2 Å². The van der Waals surface area contributed by atoms with Crippen LogP contribution in [0.1, 0.15) is 25.0 Å². The van der Waals surface area contributed by atoms with Crippen molar-refractivity contribution in [1.82, 2.24) is 29.5 Å². The first-order valence-corrected chi connectivity index (χ1v) is 19.6. The number of benzene rings is 6. The highest BCUT2D eigenvalue weighted by Crippen LogP contribution is 2.54. The second-order valence-corrected chi connectivity index (χ2v) is 15.3. The lowest BCUT2D eigenvalue weighted by Crippen LogP contribution is -2.15. The van der Waals surface area contributed by atoms with Crippen LogP contribution in [0.25, 0.3) is 95.2 Å². The van der Waals surface area contributed by atoms with Crippen LogP contribution >= 0.6 is 0 Å². The summed E-state index contributed by atoms with van der Waals surface area (Å²) in [6.45, 7) is 4.74. The van der Waals surface area contributed by atoms with Crippen molar-refractivity contribution in [3.05, 3.63) is 194 Å². The van der Waals surface area contributed by atoms with Gasteiger partial charge in [0.05, 0.1) is 16.7 Å². The zero-order chi connectivity index (χ0) is 38.8. The SMILES string of the molecule is CC1(C)c2ccccc2-c2ccc3c(c21)c1ccccc1n3-c1c(-c2ccccc2)cc(-c2nc(-c3cccnc3)nc(-c3ccccn3)n2)cc1-c1ccccc1. The maximum Gasteiger partial charge on any atom is 0.182 e. The van der Waals surface area contributed by atoms with Crippen LogP contribution in [0.2, 0.25) is 0 Å². The van der Waals surface area contributed by atoms with Gasteiger partial charge in [0, 0.05) is 57.0 Å². The third-order valence-corrected chi connectivity index (χ3v) is 11.6. The second kappa shape index (κ2) is 13.3. The standard InChI is InChI=1S/C52H36N6/c1-52(2)42-23-11-9-21-37(42)38-26-27-45-46(47(38)52)39-22-10-12-25-44(39)58(45)48-40(33-16-5-3-6-17-33)30-36(31-41(48)34-18-7-4-8-19-34)50-55-49(35-20-15-28-53-32-35)56-51(57-50)43-24-13-14-29-54-43/h3-32H,1-2H3. The van der Waals surface area contributed by atoms with Gasteiger partial charge in [-0.05, 0) is 81.9 Å². The van der Waals surface area contributed by atoms with Crippen LogP contribution in [0.3, 0.4) is 0 Å². The third-order valence-electron chi connectivity index (χ3n) is 11.6. The van der Waals surface area contributed by atoms with Gasteiger partial charge in [-0.1, -0.05) is 129 Å². The molecule has 1 aliphatic carbocycles. The van der Waals surface area contributed by atoms with Crippen molar-refractivity contribution in [2.75, 3.05) is 0 Å². The molecular weight excluding hydrogens is 709 g/mol. The van der Waals surface area contributed by atoms with E-state index in [1.165, 1.54) is 38.5 Å². The number of rotatable bonds is 6. The molecule has 0 unspecified atom stereocenters. The summed E-state index contributed by atoms with van der Waals surface area (Å²) in [5, 5.41) is 2.52. The van der Waals surface area contributed by atoms with E-state index in [2.05, 4.69) is 162 Å². The minimum atomic E-state index is -0.190. The zero-order valence-corrected chi connectivity index (χ0v) is 32.0. The second-order valence-electron chi connectivity index (χ2n) is 15.3. The topological polar surface area (TPSA) is 69.4 Å². The number of nitrogens with zero attached hydrogens (tertiary/aromatic N) is 6. The third kappa shape index (κ3) is 5.30. The molecule has 0 radical (unpaired) electrons. The van der Waals surface area contributed by atoms with Crippen molar-refractivity contribution in [3.8, 4) is 73.4 Å². The minimum absolute atomic E-state index is 0.190. The van der Waals surface area contributed by atoms with Gasteiger partial charge in [0.25, 0.3) is 0 Å². The summed E-state index contributed by atoms with van der Waals surface area (Å²) in [6, 6.07) is 57.9.